The zero-order valence-corrected chi connectivity index (χ0v) is 7.36. The molecule has 0 aliphatic carbocycles. The third-order valence-electron chi connectivity index (χ3n) is 1.67. The van der Waals surface area contributed by atoms with Crippen LogP contribution in [0.4, 0.5) is 0 Å². The molecule has 70 valence electrons. The average Bonchev–Trinajstić information content (AvgIpc) is 2.67. The van der Waals surface area contributed by atoms with Crippen LogP contribution in [0.15, 0.2) is 12.7 Å². The van der Waals surface area contributed by atoms with E-state index in [1.54, 1.807) is 6.33 Å². The van der Waals surface area contributed by atoms with Gasteiger partial charge in [0.1, 0.15) is 17.5 Å². The molecule has 0 aliphatic heterocycles. The Morgan fingerprint density at radius 3 is 3.14 bits per heavy atom. The topological polar surface area (TPSA) is 74.7 Å². The Labute approximate surface area is 80.2 Å². The van der Waals surface area contributed by atoms with Crippen molar-refractivity contribution in [2.75, 3.05) is 6.61 Å². The summed E-state index contributed by atoms with van der Waals surface area (Å²) in [6.45, 7) is 0.0597. The van der Waals surface area contributed by atoms with Crippen LogP contribution in [0.25, 0.3) is 11.2 Å². The van der Waals surface area contributed by atoms with Crippen molar-refractivity contribution in [1.82, 2.24) is 19.9 Å². The molecule has 0 spiro atoms. The van der Waals surface area contributed by atoms with Crippen LogP contribution in [0.1, 0.15) is 12.1 Å². The highest BCUT2D eigenvalue weighted by molar-refractivity contribution is 5.75. The van der Waals surface area contributed by atoms with E-state index in [2.05, 4.69) is 31.8 Å². The van der Waals surface area contributed by atoms with Gasteiger partial charge in [-0.3, -0.25) is 0 Å². The highest BCUT2D eigenvalue weighted by Gasteiger charge is 2.01. The molecule has 2 aromatic rings. The van der Waals surface area contributed by atoms with Crippen molar-refractivity contribution in [3.05, 3.63) is 18.3 Å². The van der Waals surface area contributed by atoms with Gasteiger partial charge in [0.15, 0.2) is 5.65 Å². The highest BCUT2D eigenvalue weighted by atomic mass is 16.2. The van der Waals surface area contributed by atoms with E-state index in [9.17, 15) is 0 Å². The molecule has 0 atom stereocenters. The van der Waals surface area contributed by atoms with Crippen LogP contribution in [-0.2, 0) is 0 Å². The fourth-order valence-corrected chi connectivity index (χ4v) is 1.06. The number of rotatable bonds is 1. The normalized spacial score (nSPS) is 9.79. The second-order valence-electron chi connectivity index (χ2n) is 2.60. The van der Waals surface area contributed by atoms with E-state index < -0.39 is 0 Å². The zero-order valence-electron chi connectivity index (χ0n) is 7.36. The summed E-state index contributed by atoms with van der Waals surface area (Å²) < 4.78 is 0. The van der Waals surface area contributed by atoms with Gasteiger partial charge >= 0.3 is 0 Å². The Kier molecular flexibility index (Phi) is 2.38. The summed E-state index contributed by atoms with van der Waals surface area (Å²) in [5, 5.41) is 8.56. The Balaban J connectivity index is 2.43. The van der Waals surface area contributed by atoms with E-state index in [0.717, 1.165) is 5.52 Å². The number of nitrogens with one attached hydrogen (secondary N) is 1. The van der Waals surface area contributed by atoms with Gasteiger partial charge < -0.3 is 10.1 Å². The van der Waals surface area contributed by atoms with Gasteiger partial charge in [-0.2, -0.15) is 0 Å². The van der Waals surface area contributed by atoms with Crippen molar-refractivity contribution in [1.29, 1.82) is 0 Å². The summed E-state index contributed by atoms with van der Waals surface area (Å²) in [6, 6.07) is 0. The van der Waals surface area contributed by atoms with Crippen LogP contribution in [0, 0.1) is 11.8 Å². The number of hydrogen-bond acceptors (Lipinski definition) is 4. The quantitative estimate of drug-likeness (QED) is 0.622. The second-order valence-corrected chi connectivity index (χ2v) is 2.60. The molecule has 5 heteroatoms. The molecule has 2 rings (SSSR count). The summed E-state index contributed by atoms with van der Waals surface area (Å²) in [5.41, 5.74) is 1.95. The fraction of sp³-hybridized carbons (Fsp3) is 0.222. The first-order valence-corrected chi connectivity index (χ1v) is 4.15. The number of nitrogens with zero attached hydrogens (tertiary/aromatic N) is 3. The maximum atomic E-state index is 8.56. The lowest BCUT2D eigenvalue weighted by Gasteiger charge is -1.89. The summed E-state index contributed by atoms with van der Waals surface area (Å²) >= 11 is 0. The van der Waals surface area contributed by atoms with Crippen LogP contribution < -0.4 is 0 Å². The second kappa shape index (κ2) is 3.85. The molecule has 0 fully saturated rings. The average molecular weight is 188 g/mol. The Morgan fingerprint density at radius 1 is 1.36 bits per heavy atom. The molecule has 0 aliphatic rings. The number of aromatic nitrogens is 4. The number of fused-ring (bicyclic) bond motifs is 1. The van der Waals surface area contributed by atoms with Crippen LogP contribution >= 0.6 is 0 Å². The molecule has 2 heterocycles. The summed E-state index contributed by atoms with van der Waals surface area (Å²) in [7, 11) is 0. The van der Waals surface area contributed by atoms with Gasteiger partial charge in [0, 0.05) is 6.42 Å². The van der Waals surface area contributed by atoms with Gasteiger partial charge in [-0.25, -0.2) is 15.0 Å². The van der Waals surface area contributed by atoms with Crippen molar-refractivity contribution in [3.63, 3.8) is 0 Å². The minimum Gasteiger partial charge on any atom is -0.395 e. The standard InChI is InChI=1S/C9H8N4O/c14-4-2-1-3-7-8-9(12-5-10-7)13-6-11-8/h5-6,14H,2,4H2,(H,10,11,12,13). The van der Waals surface area contributed by atoms with E-state index in [0.29, 0.717) is 17.8 Å². The first-order chi connectivity index (χ1) is 6.92. The highest BCUT2D eigenvalue weighted by Crippen LogP contribution is 2.07. The molecule has 14 heavy (non-hydrogen) atoms. The maximum absolute atomic E-state index is 8.56. The molecule has 2 aromatic heterocycles. The molecule has 0 saturated heterocycles. The number of aliphatic hydroxyl groups excluding tert-OH is 1. The number of aromatic amines is 1. The smallest absolute Gasteiger partial charge is 0.181 e. The van der Waals surface area contributed by atoms with Gasteiger partial charge in [-0.05, 0) is 5.92 Å². The van der Waals surface area contributed by atoms with Gasteiger partial charge in [-0.15, -0.1) is 0 Å². The Morgan fingerprint density at radius 2 is 2.29 bits per heavy atom. The fourth-order valence-electron chi connectivity index (χ4n) is 1.06. The van der Waals surface area contributed by atoms with Gasteiger partial charge in [-0.1, -0.05) is 5.92 Å². The van der Waals surface area contributed by atoms with Crippen LogP contribution in [0.5, 0.6) is 0 Å². The van der Waals surface area contributed by atoms with E-state index in [-0.39, 0.29) is 6.61 Å². The van der Waals surface area contributed by atoms with Crippen LogP contribution in [0.2, 0.25) is 0 Å². The molecule has 0 aromatic carbocycles. The lowest BCUT2D eigenvalue weighted by atomic mass is 10.3. The molecule has 0 bridgehead atoms. The van der Waals surface area contributed by atoms with Crippen LogP contribution in [0.3, 0.4) is 0 Å². The summed E-state index contributed by atoms with van der Waals surface area (Å²) in [5.74, 6) is 5.64. The molecule has 0 unspecified atom stereocenters. The Bertz CT molecular complexity index is 494. The van der Waals surface area contributed by atoms with E-state index >= 15 is 0 Å². The number of H-pyrrole nitrogens is 1. The molecule has 0 amide bonds. The number of imidazole rings is 1. The molecular formula is C9H8N4O. The predicted molar refractivity (Wildman–Crippen MR) is 50.3 cm³/mol. The minimum absolute atomic E-state index is 0.0597. The Hall–Kier alpha value is -1.93. The lowest BCUT2D eigenvalue weighted by molar-refractivity contribution is 0.305. The molecule has 5 nitrogen and oxygen atoms in total. The third kappa shape index (κ3) is 1.56. The maximum Gasteiger partial charge on any atom is 0.181 e. The SMILES string of the molecule is OCCC#Cc1ncnc2nc[nH]c12. The minimum atomic E-state index is 0.0597. The van der Waals surface area contributed by atoms with Gasteiger partial charge in [0.2, 0.25) is 0 Å². The first-order valence-electron chi connectivity index (χ1n) is 4.15. The zero-order chi connectivity index (χ0) is 9.80. The largest absolute Gasteiger partial charge is 0.395 e. The summed E-state index contributed by atoms with van der Waals surface area (Å²) in [6.07, 6.45) is 3.42. The molecule has 0 saturated carbocycles. The van der Waals surface area contributed by atoms with Gasteiger partial charge in [0.05, 0.1) is 12.9 Å². The number of aliphatic hydroxyl groups is 1. The van der Waals surface area contributed by atoms with E-state index in [1.807, 2.05) is 0 Å². The predicted octanol–water partition coefficient (Wildman–Crippen LogP) is 0.0868. The van der Waals surface area contributed by atoms with E-state index in [4.69, 9.17) is 5.11 Å². The lowest BCUT2D eigenvalue weighted by Crippen LogP contribution is -1.87. The monoisotopic (exact) mass is 188 g/mol. The van der Waals surface area contributed by atoms with Crippen LogP contribution in [-0.4, -0.2) is 31.6 Å². The number of hydrogen-bond donors (Lipinski definition) is 2. The molecule has 0 radical (unpaired) electrons. The first kappa shape index (κ1) is 8.66. The van der Waals surface area contributed by atoms with Crippen molar-refractivity contribution in [2.24, 2.45) is 0 Å². The molecule has 2 N–H and O–H groups in total. The van der Waals surface area contributed by atoms with Crippen molar-refractivity contribution >= 4 is 11.2 Å². The summed E-state index contributed by atoms with van der Waals surface area (Å²) in [4.78, 5) is 14.9. The van der Waals surface area contributed by atoms with Crippen molar-refractivity contribution < 1.29 is 5.11 Å². The molecular weight excluding hydrogens is 180 g/mol. The van der Waals surface area contributed by atoms with Crippen molar-refractivity contribution in [2.45, 2.75) is 6.42 Å². The third-order valence-corrected chi connectivity index (χ3v) is 1.67. The van der Waals surface area contributed by atoms with Gasteiger partial charge in [0.25, 0.3) is 0 Å². The van der Waals surface area contributed by atoms with Crippen molar-refractivity contribution in [3.8, 4) is 11.8 Å². The van der Waals surface area contributed by atoms with E-state index in [1.165, 1.54) is 6.33 Å².